The van der Waals surface area contributed by atoms with Crippen molar-refractivity contribution in [2.24, 2.45) is 0 Å². The number of benzene rings is 1. The number of allylic oxidation sites excluding steroid dienone is 4. The smallest absolute Gasteiger partial charge is 0.0958 e. The Balaban J connectivity index is 2.57. The van der Waals surface area contributed by atoms with Crippen molar-refractivity contribution in [3.8, 4) is 0 Å². The number of hydrogen-bond donors (Lipinski definition) is 0. The van der Waals surface area contributed by atoms with Crippen LogP contribution in [0.5, 0.6) is 0 Å². The van der Waals surface area contributed by atoms with Gasteiger partial charge in [0.2, 0.25) is 0 Å². The maximum absolute atomic E-state index is 6.26. The molecule has 0 radical (unpaired) electrons. The Morgan fingerprint density at radius 1 is 1.00 bits per heavy atom. The van der Waals surface area contributed by atoms with Crippen LogP contribution in [0.1, 0.15) is 12.0 Å². The summed E-state index contributed by atoms with van der Waals surface area (Å²) in [6.07, 6.45) is 2.06. The molecular weight excluding hydrogens is 286 g/mol. The van der Waals surface area contributed by atoms with Crippen LogP contribution >= 0.6 is 46.4 Å². The van der Waals surface area contributed by atoms with Crippen molar-refractivity contribution in [2.75, 3.05) is 0 Å². The molecule has 0 bridgehead atoms. The van der Waals surface area contributed by atoms with Gasteiger partial charge in [0.15, 0.2) is 0 Å². The molecule has 0 nitrogen and oxygen atoms in total. The third kappa shape index (κ3) is 2.41. The molecule has 16 heavy (non-hydrogen) atoms. The van der Waals surface area contributed by atoms with Crippen LogP contribution in [0.4, 0.5) is 0 Å². The van der Waals surface area contributed by atoms with Gasteiger partial charge in [0.05, 0.1) is 0 Å². The lowest BCUT2D eigenvalue weighted by atomic mass is 9.96. The quantitative estimate of drug-likeness (QED) is 0.613. The number of halogens is 4. The van der Waals surface area contributed by atoms with Gasteiger partial charge in [-0.1, -0.05) is 76.7 Å². The van der Waals surface area contributed by atoms with E-state index in [9.17, 15) is 0 Å². The largest absolute Gasteiger partial charge is 0.150 e. The third-order valence-corrected chi connectivity index (χ3v) is 3.53. The zero-order chi connectivity index (χ0) is 11.8. The van der Waals surface area contributed by atoms with Crippen LogP contribution in [0.2, 0.25) is 0 Å². The first-order chi connectivity index (χ1) is 7.50. The fourth-order valence-electron chi connectivity index (χ4n) is 1.69. The molecule has 84 valence electrons. The lowest BCUT2D eigenvalue weighted by Crippen LogP contribution is -2.19. The second-order valence-electron chi connectivity index (χ2n) is 3.56. The summed E-state index contributed by atoms with van der Waals surface area (Å²) in [6, 6.07) is 9.59. The van der Waals surface area contributed by atoms with E-state index in [1.165, 1.54) is 0 Å². The zero-order valence-corrected chi connectivity index (χ0v) is 11.2. The van der Waals surface area contributed by atoms with Crippen LogP contribution < -0.4 is 0 Å². The molecule has 1 aromatic rings. The number of alkyl halides is 2. The van der Waals surface area contributed by atoms with Crippen LogP contribution in [-0.2, 0) is 0 Å². The van der Waals surface area contributed by atoms with Crippen LogP contribution in [0, 0.1) is 0 Å². The van der Waals surface area contributed by atoms with Gasteiger partial charge in [-0.3, -0.25) is 0 Å². The molecule has 0 atom stereocenters. The summed E-state index contributed by atoms with van der Waals surface area (Å²) in [4.78, 5) is 0. The molecule has 0 saturated carbocycles. The van der Waals surface area contributed by atoms with Crippen molar-refractivity contribution < 1.29 is 0 Å². The summed E-state index contributed by atoms with van der Waals surface area (Å²) in [5.41, 5.74) is 1.63. The van der Waals surface area contributed by atoms with E-state index in [0.717, 1.165) is 5.56 Å². The molecule has 0 amide bonds. The fraction of sp³-hybridized carbons (Fsp3) is 0.167. The molecule has 1 aromatic carbocycles. The highest BCUT2D eigenvalue weighted by Gasteiger charge is 2.35. The monoisotopic (exact) mass is 292 g/mol. The summed E-state index contributed by atoms with van der Waals surface area (Å²) in [7, 11) is 0. The minimum absolute atomic E-state index is 0.373. The molecule has 0 unspecified atom stereocenters. The summed E-state index contributed by atoms with van der Waals surface area (Å²) in [6.45, 7) is 0. The first-order valence-corrected chi connectivity index (χ1v) is 6.21. The SMILES string of the molecule is ClC1=CC(Cl)=C(c2ccccc2)C(Cl)(Cl)C1. The van der Waals surface area contributed by atoms with E-state index >= 15 is 0 Å². The molecule has 0 N–H and O–H groups in total. The highest BCUT2D eigenvalue weighted by atomic mass is 35.5. The van der Waals surface area contributed by atoms with Gasteiger partial charge >= 0.3 is 0 Å². The summed E-state index contributed by atoms with van der Waals surface area (Å²) in [5, 5.41) is 1.06. The van der Waals surface area contributed by atoms with Crippen LogP contribution in [0.3, 0.4) is 0 Å². The van der Waals surface area contributed by atoms with Gasteiger partial charge in [0, 0.05) is 22.1 Å². The minimum atomic E-state index is -1.07. The zero-order valence-electron chi connectivity index (χ0n) is 8.18. The van der Waals surface area contributed by atoms with Gasteiger partial charge in [0.1, 0.15) is 4.33 Å². The van der Waals surface area contributed by atoms with Crippen molar-refractivity contribution in [1.29, 1.82) is 0 Å². The Morgan fingerprint density at radius 2 is 1.62 bits per heavy atom. The molecule has 1 aliphatic rings. The number of rotatable bonds is 1. The Kier molecular flexibility index (Phi) is 3.56. The molecule has 2 rings (SSSR count). The second kappa shape index (κ2) is 4.62. The predicted molar refractivity (Wildman–Crippen MR) is 72.2 cm³/mol. The molecule has 1 aliphatic carbocycles. The molecule has 0 aliphatic heterocycles. The van der Waals surface area contributed by atoms with Crippen LogP contribution in [-0.4, -0.2) is 4.33 Å². The Morgan fingerprint density at radius 3 is 2.19 bits per heavy atom. The predicted octanol–water partition coefficient (Wildman–Crippen LogP) is 5.34. The summed E-state index contributed by atoms with van der Waals surface area (Å²) in [5.74, 6) is 0. The first-order valence-electron chi connectivity index (χ1n) is 4.70. The van der Waals surface area contributed by atoms with Gasteiger partial charge < -0.3 is 0 Å². The maximum atomic E-state index is 6.26. The Labute approximate surface area is 114 Å². The van der Waals surface area contributed by atoms with Crippen LogP contribution in [0.25, 0.3) is 5.57 Å². The topological polar surface area (TPSA) is 0 Å². The molecule has 0 saturated heterocycles. The summed E-state index contributed by atoms with van der Waals surface area (Å²) >= 11 is 24.6. The van der Waals surface area contributed by atoms with E-state index in [-0.39, 0.29) is 0 Å². The molecule has 0 aromatic heterocycles. The second-order valence-corrected chi connectivity index (χ2v) is 5.94. The third-order valence-electron chi connectivity index (χ3n) is 2.34. The highest BCUT2D eigenvalue weighted by Crippen LogP contribution is 2.48. The van der Waals surface area contributed by atoms with E-state index in [0.29, 0.717) is 22.1 Å². The van der Waals surface area contributed by atoms with Crippen molar-refractivity contribution in [1.82, 2.24) is 0 Å². The van der Waals surface area contributed by atoms with Crippen molar-refractivity contribution in [3.05, 3.63) is 52.0 Å². The van der Waals surface area contributed by atoms with Crippen molar-refractivity contribution in [3.63, 3.8) is 0 Å². The average Bonchev–Trinajstić information content (AvgIpc) is 2.15. The Hall–Kier alpha value is -0.140. The van der Waals surface area contributed by atoms with E-state index < -0.39 is 4.33 Å². The van der Waals surface area contributed by atoms with Gasteiger partial charge in [-0.2, -0.15) is 0 Å². The summed E-state index contributed by atoms with van der Waals surface area (Å²) < 4.78 is -1.07. The standard InChI is InChI=1S/C12H8Cl4/c13-9-6-10(14)11(12(15,16)7-9)8-4-2-1-3-5-8/h1-6H,7H2. The fourth-order valence-corrected chi connectivity index (χ4v) is 3.40. The van der Waals surface area contributed by atoms with Crippen molar-refractivity contribution >= 4 is 52.0 Å². The van der Waals surface area contributed by atoms with Crippen LogP contribution in [0.15, 0.2) is 46.5 Å². The lowest BCUT2D eigenvalue weighted by Gasteiger charge is -2.27. The van der Waals surface area contributed by atoms with Gasteiger partial charge in [0.25, 0.3) is 0 Å². The highest BCUT2D eigenvalue weighted by molar-refractivity contribution is 6.57. The molecular formula is C12H8Cl4. The lowest BCUT2D eigenvalue weighted by molar-refractivity contribution is 0.961. The molecule has 0 fully saturated rings. The Bertz CT molecular complexity index is 457. The number of hydrogen-bond acceptors (Lipinski definition) is 0. The molecule has 4 heteroatoms. The van der Waals surface area contributed by atoms with Crippen molar-refractivity contribution in [2.45, 2.75) is 10.8 Å². The van der Waals surface area contributed by atoms with Gasteiger partial charge in [-0.15, -0.1) is 0 Å². The van der Waals surface area contributed by atoms with E-state index in [4.69, 9.17) is 46.4 Å². The first kappa shape index (κ1) is 12.3. The van der Waals surface area contributed by atoms with Gasteiger partial charge in [-0.05, 0) is 11.6 Å². The molecule has 0 heterocycles. The van der Waals surface area contributed by atoms with E-state index in [2.05, 4.69) is 0 Å². The molecule has 0 spiro atoms. The maximum Gasteiger partial charge on any atom is 0.150 e. The van der Waals surface area contributed by atoms with E-state index in [1.54, 1.807) is 6.08 Å². The normalized spacial score (nSPS) is 19.6. The van der Waals surface area contributed by atoms with Gasteiger partial charge in [-0.25, -0.2) is 0 Å². The average molecular weight is 294 g/mol. The van der Waals surface area contributed by atoms with E-state index in [1.807, 2.05) is 30.3 Å². The minimum Gasteiger partial charge on any atom is -0.0958 e.